The van der Waals surface area contributed by atoms with E-state index in [0.717, 1.165) is 159 Å². The van der Waals surface area contributed by atoms with Crippen LogP contribution >= 0.6 is 0 Å². The summed E-state index contributed by atoms with van der Waals surface area (Å²) in [4.78, 5) is 13.2. The molecule has 2 aromatic carbocycles. The van der Waals surface area contributed by atoms with E-state index < -0.39 is 0 Å². The molecule has 6 heterocycles. The van der Waals surface area contributed by atoms with Crippen LogP contribution < -0.4 is 21.7 Å². The topological polar surface area (TPSA) is 137 Å². The number of piperidine rings is 1. The number of nitrogens with one attached hydrogen (secondary N) is 3. The van der Waals surface area contributed by atoms with E-state index in [1.807, 2.05) is 0 Å². The molecular weight excluding hydrogens is 819 g/mol. The Balaban J connectivity index is 1.09. The van der Waals surface area contributed by atoms with Crippen LogP contribution in [0.15, 0.2) is 61.7 Å². The number of rotatable bonds is 17. The number of anilines is 2. The largest absolute Gasteiger partial charge is 0.399 e. The molecule has 5 N–H and O–H groups in total. The van der Waals surface area contributed by atoms with Gasteiger partial charge >= 0.3 is 0 Å². The molecule has 1 saturated heterocycles. The van der Waals surface area contributed by atoms with Gasteiger partial charge in [-0.25, -0.2) is 9.97 Å². The monoisotopic (exact) mass is 894 g/mol. The molecule has 2 atom stereocenters. The minimum atomic E-state index is 0.563. The van der Waals surface area contributed by atoms with Gasteiger partial charge in [0.1, 0.15) is 0 Å². The van der Waals surface area contributed by atoms with Gasteiger partial charge in [0, 0.05) is 94.5 Å². The van der Waals surface area contributed by atoms with Crippen molar-refractivity contribution in [2.75, 3.05) is 49.9 Å². The Morgan fingerprint density at radius 3 is 1.73 bits per heavy atom. The van der Waals surface area contributed by atoms with Crippen molar-refractivity contribution in [3.63, 3.8) is 0 Å². The molecule has 0 bridgehead atoms. The van der Waals surface area contributed by atoms with Gasteiger partial charge in [0.2, 0.25) is 11.9 Å². The molecule has 66 heavy (non-hydrogen) atoms. The van der Waals surface area contributed by atoms with Crippen LogP contribution in [-0.2, 0) is 51.9 Å². The zero-order chi connectivity index (χ0) is 46.3. The van der Waals surface area contributed by atoms with E-state index in [2.05, 4.69) is 148 Å². The third kappa shape index (κ3) is 10.9. The summed E-state index contributed by atoms with van der Waals surface area (Å²) < 4.78 is 8.93. The SMILES string of the molecule is C=C(N)c1cc2c3c(c1)nc(NCCc1cc(C)nn1CC)n3C/C=C/Cn1c(NCCc3cc(C)nn3CC)nc3cc(C(=C)NCCCN4CC(C)CC(C)C4)cc(c31)CCCCC2. The van der Waals surface area contributed by atoms with Crippen molar-refractivity contribution in [2.45, 2.75) is 126 Å². The summed E-state index contributed by atoms with van der Waals surface area (Å²) in [5, 5.41) is 20.6. The fourth-order valence-corrected chi connectivity index (χ4v) is 10.6. The highest BCUT2D eigenvalue weighted by molar-refractivity contribution is 5.87. The smallest absolute Gasteiger partial charge is 0.204 e. The molecule has 352 valence electrons. The third-order valence-corrected chi connectivity index (χ3v) is 13.5. The normalized spacial score (nSPS) is 17.7. The fourth-order valence-electron chi connectivity index (χ4n) is 10.6. The second-order valence-corrected chi connectivity index (χ2v) is 19.2. The van der Waals surface area contributed by atoms with Crippen molar-refractivity contribution in [1.82, 2.24) is 48.9 Å². The minimum Gasteiger partial charge on any atom is -0.399 e. The number of allylic oxidation sites excluding steroid dienone is 2. The number of hydrogen-bond donors (Lipinski definition) is 4. The Hall–Kier alpha value is -5.82. The Bertz CT molecular complexity index is 2660. The highest BCUT2D eigenvalue weighted by atomic mass is 15.3. The van der Waals surface area contributed by atoms with E-state index >= 15 is 0 Å². The lowest BCUT2D eigenvalue weighted by molar-refractivity contribution is 0.140. The molecule has 4 aromatic heterocycles. The summed E-state index contributed by atoms with van der Waals surface area (Å²) in [6.45, 7) is 30.8. The molecule has 0 saturated carbocycles. The van der Waals surface area contributed by atoms with E-state index in [1.54, 1.807) is 0 Å². The molecule has 8 rings (SSSR count). The van der Waals surface area contributed by atoms with Gasteiger partial charge in [-0.05, 0) is 143 Å². The van der Waals surface area contributed by atoms with Crippen LogP contribution in [0, 0.1) is 25.7 Å². The molecule has 6 aromatic rings. The molecule has 0 spiro atoms. The maximum Gasteiger partial charge on any atom is 0.204 e. The third-order valence-electron chi connectivity index (χ3n) is 13.5. The first-order valence-electron chi connectivity index (χ1n) is 24.8. The van der Waals surface area contributed by atoms with Crippen LogP contribution in [0.1, 0.15) is 105 Å². The fraction of sp³-hybridized carbons (Fsp3) is 0.509. The number of aryl methyl sites for hydroxylation is 6. The van der Waals surface area contributed by atoms with Crippen LogP contribution in [0.5, 0.6) is 0 Å². The standard InChI is InChI=1S/C53H75N13/c1-9-65-46(28-38(5)60-65)19-22-56-52-58-48-32-44(40(7)54)30-42-17-12-11-13-18-43-31-45(41(8)55-21-16-24-62-34-36(3)27-37(4)35-62)33-49-51(43)64(26-15-14-25-63(52)50(42)48)53(59-49)57-23-20-47-29-39(6)61-66(47)10-2/h14-15,28-33,36-37,55H,7-13,16-27,34-35,54H2,1-6H3,(H,56,58)(H,57,59)/b15-14+. The van der Waals surface area contributed by atoms with Gasteiger partial charge in [0.05, 0.1) is 33.5 Å². The van der Waals surface area contributed by atoms with Crippen molar-refractivity contribution in [2.24, 2.45) is 17.6 Å². The van der Waals surface area contributed by atoms with Crippen LogP contribution in [0.3, 0.4) is 0 Å². The maximum absolute atomic E-state index is 6.36. The molecule has 13 nitrogen and oxygen atoms in total. The number of imidazole rings is 2. The van der Waals surface area contributed by atoms with Crippen molar-refractivity contribution >= 4 is 45.4 Å². The molecule has 0 amide bonds. The lowest BCUT2D eigenvalue weighted by Gasteiger charge is -2.35. The molecule has 13 heteroatoms. The van der Waals surface area contributed by atoms with Gasteiger partial charge < -0.3 is 35.7 Å². The summed E-state index contributed by atoms with van der Waals surface area (Å²) in [7, 11) is 0. The van der Waals surface area contributed by atoms with Crippen LogP contribution in [0.25, 0.3) is 33.5 Å². The molecule has 0 radical (unpaired) electrons. The highest BCUT2D eigenvalue weighted by Crippen LogP contribution is 2.32. The number of aromatic nitrogens is 8. The van der Waals surface area contributed by atoms with Crippen molar-refractivity contribution < 1.29 is 0 Å². The first-order chi connectivity index (χ1) is 32.0. The summed E-state index contributed by atoms with van der Waals surface area (Å²) >= 11 is 0. The number of nitrogens with zero attached hydrogens (tertiary/aromatic N) is 9. The van der Waals surface area contributed by atoms with Crippen LogP contribution in [-0.4, -0.2) is 82.8 Å². The zero-order valence-corrected chi connectivity index (χ0v) is 40.7. The lowest BCUT2D eigenvalue weighted by Crippen LogP contribution is -2.39. The zero-order valence-electron chi connectivity index (χ0n) is 40.7. The molecule has 1 fully saturated rings. The van der Waals surface area contributed by atoms with Crippen molar-refractivity contribution in [3.8, 4) is 0 Å². The van der Waals surface area contributed by atoms with Gasteiger partial charge in [0.15, 0.2) is 0 Å². The summed E-state index contributed by atoms with van der Waals surface area (Å²) in [5.41, 5.74) is 21.4. The highest BCUT2D eigenvalue weighted by Gasteiger charge is 2.22. The molecule has 2 aliphatic rings. The van der Waals surface area contributed by atoms with Gasteiger partial charge in [-0.3, -0.25) is 9.36 Å². The quantitative estimate of drug-likeness (QED) is 0.0522. The number of likely N-dealkylation sites (tertiary alicyclic amines) is 1. The Labute approximate surface area is 392 Å². The molecule has 2 unspecified atom stereocenters. The molecule has 0 aliphatic carbocycles. The van der Waals surface area contributed by atoms with E-state index in [9.17, 15) is 0 Å². The average molecular weight is 894 g/mol. The number of nitrogens with two attached hydrogens (primary N) is 1. The molecule has 2 aliphatic heterocycles. The second-order valence-electron chi connectivity index (χ2n) is 19.2. The maximum atomic E-state index is 6.36. The van der Waals surface area contributed by atoms with Gasteiger partial charge in [0.25, 0.3) is 0 Å². The first-order valence-corrected chi connectivity index (χ1v) is 24.8. The number of hydrogen-bond acceptors (Lipinski definition) is 9. The van der Waals surface area contributed by atoms with E-state index in [4.69, 9.17) is 20.8 Å². The average Bonchev–Trinajstić information content (AvgIpc) is 4.04. The van der Waals surface area contributed by atoms with Crippen LogP contribution in [0.4, 0.5) is 11.9 Å². The summed E-state index contributed by atoms with van der Waals surface area (Å²) in [6, 6.07) is 13.3. The van der Waals surface area contributed by atoms with E-state index in [1.165, 1.54) is 47.5 Å². The second kappa shape index (κ2) is 21.2. The molecular formula is C53H75N13. The van der Waals surface area contributed by atoms with Crippen molar-refractivity contribution in [1.29, 1.82) is 0 Å². The van der Waals surface area contributed by atoms with Crippen molar-refractivity contribution in [3.05, 3.63) is 107 Å². The predicted octanol–water partition coefficient (Wildman–Crippen LogP) is 9.13. The summed E-state index contributed by atoms with van der Waals surface area (Å²) in [6.07, 6.45) is 13.8. The Kier molecular flexibility index (Phi) is 15.0. The Morgan fingerprint density at radius 1 is 0.697 bits per heavy atom. The Morgan fingerprint density at radius 2 is 1.21 bits per heavy atom. The van der Waals surface area contributed by atoms with E-state index in [-0.39, 0.29) is 0 Å². The van der Waals surface area contributed by atoms with Gasteiger partial charge in [-0.2, -0.15) is 10.2 Å². The number of benzene rings is 2. The first kappa shape index (κ1) is 46.7. The van der Waals surface area contributed by atoms with Gasteiger partial charge in [-0.15, -0.1) is 0 Å². The lowest BCUT2D eigenvalue weighted by atomic mass is 9.92. The summed E-state index contributed by atoms with van der Waals surface area (Å²) in [5.74, 6) is 3.28. The predicted molar refractivity (Wildman–Crippen MR) is 274 cm³/mol. The van der Waals surface area contributed by atoms with Gasteiger partial charge in [-0.1, -0.05) is 45.6 Å². The minimum absolute atomic E-state index is 0.563. The van der Waals surface area contributed by atoms with E-state index in [0.29, 0.717) is 18.8 Å². The van der Waals surface area contributed by atoms with Crippen LogP contribution in [0.2, 0.25) is 0 Å².